The van der Waals surface area contributed by atoms with Crippen LogP contribution < -0.4 is 9.80 Å². The summed E-state index contributed by atoms with van der Waals surface area (Å²) in [6.45, 7) is 3.60. The average molecular weight is 407 g/mol. The number of imidazole rings is 1. The second-order valence-electron chi connectivity index (χ2n) is 7.45. The number of fused-ring (bicyclic) bond motifs is 1. The fraction of sp³-hybridized carbons (Fsp3) is 0.364. The molecule has 0 aliphatic carbocycles. The summed E-state index contributed by atoms with van der Waals surface area (Å²) in [7, 11) is 1.65. The molecule has 1 saturated heterocycles. The van der Waals surface area contributed by atoms with Crippen LogP contribution in [0.3, 0.4) is 0 Å². The molecule has 0 bridgehead atoms. The number of carbonyl (C=O) groups is 2. The molecule has 1 amide bonds. The van der Waals surface area contributed by atoms with Crippen LogP contribution in [-0.4, -0.2) is 53.2 Å². The van der Waals surface area contributed by atoms with Crippen LogP contribution >= 0.6 is 0 Å². The number of aromatic nitrogens is 3. The van der Waals surface area contributed by atoms with E-state index in [1.54, 1.807) is 13.2 Å². The maximum Gasteiger partial charge on any atom is 0.303 e. The van der Waals surface area contributed by atoms with Gasteiger partial charge in [-0.3, -0.25) is 9.59 Å². The van der Waals surface area contributed by atoms with Crippen molar-refractivity contribution in [1.29, 1.82) is 0 Å². The van der Waals surface area contributed by atoms with Gasteiger partial charge in [-0.05, 0) is 24.5 Å². The maximum absolute atomic E-state index is 12.4. The molecule has 30 heavy (non-hydrogen) atoms. The standard InChI is InChI=1S/C22H25N5O3/c1-16(28)30-15-20(29)25(2)18-12-19-21(23-13-18)24-22(26-10-6-7-11-26)27(19)14-17-8-4-3-5-9-17/h3-5,8-9,12-13H,6-7,10-11,14-15H2,1-2H3. The first kappa shape index (κ1) is 19.9. The Morgan fingerprint density at radius 1 is 1.17 bits per heavy atom. The highest BCUT2D eigenvalue weighted by Gasteiger charge is 2.22. The highest BCUT2D eigenvalue weighted by molar-refractivity contribution is 5.96. The molecule has 3 aromatic rings. The topological polar surface area (TPSA) is 80.6 Å². The first-order valence-corrected chi connectivity index (χ1v) is 10.1. The second-order valence-corrected chi connectivity index (χ2v) is 7.45. The Morgan fingerprint density at radius 3 is 2.60 bits per heavy atom. The SMILES string of the molecule is CC(=O)OCC(=O)N(C)c1cnc2nc(N3CCCC3)n(Cc3ccccc3)c2c1. The lowest BCUT2D eigenvalue weighted by Gasteiger charge is -2.19. The van der Waals surface area contributed by atoms with E-state index in [0.717, 1.165) is 37.4 Å². The summed E-state index contributed by atoms with van der Waals surface area (Å²) in [5, 5.41) is 0. The molecule has 0 unspecified atom stereocenters. The maximum atomic E-state index is 12.4. The lowest BCUT2D eigenvalue weighted by Crippen LogP contribution is -2.30. The first-order chi connectivity index (χ1) is 14.5. The van der Waals surface area contributed by atoms with Crippen LogP contribution in [0.15, 0.2) is 42.6 Å². The van der Waals surface area contributed by atoms with Gasteiger partial charge in [0.2, 0.25) is 5.95 Å². The zero-order valence-electron chi connectivity index (χ0n) is 17.2. The number of hydrogen-bond acceptors (Lipinski definition) is 6. The minimum Gasteiger partial charge on any atom is -0.456 e. The van der Waals surface area contributed by atoms with Crippen molar-refractivity contribution >= 4 is 34.7 Å². The van der Waals surface area contributed by atoms with Gasteiger partial charge in [-0.25, -0.2) is 4.98 Å². The summed E-state index contributed by atoms with van der Waals surface area (Å²) in [4.78, 5) is 36.4. The zero-order chi connectivity index (χ0) is 21.1. The van der Waals surface area contributed by atoms with Crippen LogP contribution in [0.1, 0.15) is 25.3 Å². The number of pyridine rings is 1. The monoisotopic (exact) mass is 407 g/mol. The number of rotatable bonds is 6. The van der Waals surface area contributed by atoms with Gasteiger partial charge in [-0.1, -0.05) is 30.3 Å². The summed E-state index contributed by atoms with van der Waals surface area (Å²) in [6.07, 6.45) is 3.93. The Hall–Kier alpha value is -3.42. The highest BCUT2D eigenvalue weighted by Crippen LogP contribution is 2.28. The van der Waals surface area contributed by atoms with Gasteiger partial charge >= 0.3 is 5.97 Å². The Morgan fingerprint density at radius 2 is 1.90 bits per heavy atom. The van der Waals surface area contributed by atoms with Gasteiger partial charge in [-0.2, -0.15) is 4.98 Å². The molecular formula is C22H25N5O3. The number of likely N-dealkylation sites (N-methyl/N-ethyl adjacent to an activating group) is 1. The third kappa shape index (κ3) is 4.12. The normalized spacial score (nSPS) is 13.6. The Balaban J connectivity index is 1.71. The molecule has 156 valence electrons. The first-order valence-electron chi connectivity index (χ1n) is 10.1. The molecule has 3 heterocycles. The number of benzene rings is 1. The van der Waals surface area contributed by atoms with Crippen molar-refractivity contribution < 1.29 is 14.3 Å². The van der Waals surface area contributed by atoms with Crippen molar-refractivity contribution in [2.24, 2.45) is 0 Å². The van der Waals surface area contributed by atoms with Gasteiger partial charge in [0.1, 0.15) is 0 Å². The van der Waals surface area contributed by atoms with E-state index in [1.807, 2.05) is 24.3 Å². The quantitative estimate of drug-likeness (QED) is 0.585. The molecule has 0 radical (unpaired) electrons. The molecule has 8 nitrogen and oxygen atoms in total. The second kappa shape index (κ2) is 8.52. The smallest absolute Gasteiger partial charge is 0.303 e. The third-order valence-corrected chi connectivity index (χ3v) is 5.30. The molecule has 0 N–H and O–H groups in total. The van der Waals surface area contributed by atoms with Crippen LogP contribution in [0, 0.1) is 0 Å². The largest absolute Gasteiger partial charge is 0.456 e. The Labute approximate surface area is 175 Å². The summed E-state index contributed by atoms with van der Waals surface area (Å²) >= 11 is 0. The lowest BCUT2D eigenvalue weighted by molar-refractivity contribution is -0.145. The summed E-state index contributed by atoms with van der Waals surface area (Å²) in [6, 6.07) is 12.1. The highest BCUT2D eigenvalue weighted by atomic mass is 16.5. The number of ether oxygens (including phenoxy) is 1. The minimum atomic E-state index is -0.485. The van der Waals surface area contributed by atoms with Crippen LogP contribution in [-0.2, 0) is 20.9 Å². The van der Waals surface area contributed by atoms with Crippen LogP contribution in [0.4, 0.5) is 11.6 Å². The fourth-order valence-electron chi connectivity index (χ4n) is 3.65. The van der Waals surface area contributed by atoms with Crippen molar-refractivity contribution in [3.63, 3.8) is 0 Å². The Kier molecular flexibility index (Phi) is 5.65. The number of hydrogen-bond donors (Lipinski definition) is 0. The van der Waals surface area contributed by atoms with Crippen molar-refractivity contribution in [3.05, 3.63) is 48.2 Å². The van der Waals surface area contributed by atoms with Crippen LogP contribution in [0.2, 0.25) is 0 Å². The van der Waals surface area contributed by atoms with Crippen LogP contribution in [0.5, 0.6) is 0 Å². The molecule has 0 saturated carbocycles. The van der Waals surface area contributed by atoms with Crippen molar-refractivity contribution in [3.8, 4) is 0 Å². The lowest BCUT2D eigenvalue weighted by atomic mass is 10.2. The van der Waals surface area contributed by atoms with E-state index in [2.05, 4.69) is 26.6 Å². The number of amides is 1. The number of nitrogens with zero attached hydrogens (tertiary/aromatic N) is 5. The van der Waals surface area contributed by atoms with Gasteiger partial charge in [0, 0.05) is 27.1 Å². The van der Waals surface area contributed by atoms with Gasteiger partial charge in [0.05, 0.1) is 23.9 Å². The number of esters is 1. The average Bonchev–Trinajstić information content (AvgIpc) is 3.40. The molecule has 1 aliphatic rings. The molecule has 0 spiro atoms. The molecule has 0 atom stereocenters. The van der Waals surface area contributed by atoms with Gasteiger partial charge in [0.15, 0.2) is 12.3 Å². The fourth-order valence-corrected chi connectivity index (χ4v) is 3.65. The van der Waals surface area contributed by atoms with E-state index in [0.29, 0.717) is 17.9 Å². The Bertz CT molecular complexity index is 1060. The van der Waals surface area contributed by atoms with Crippen molar-refractivity contribution in [2.45, 2.75) is 26.3 Å². The molecule has 4 rings (SSSR count). The van der Waals surface area contributed by atoms with Crippen molar-refractivity contribution in [2.75, 3.05) is 36.5 Å². The predicted octanol–water partition coefficient (Wildman–Crippen LogP) is 2.61. The van der Waals surface area contributed by atoms with E-state index in [9.17, 15) is 9.59 Å². The number of anilines is 2. The van der Waals surface area contributed by atoms with E-state index in [1.165, 1.54) is 17.4 Å². The predicted molar refractivity (Wildman–Crippen MR) is 115 cm³/mol. The third-order valence-electron chi connectivity index (χ3n) is 5.30. The number of carbonyl (C=O) groups excluding carboxylic acids is 2. The summed E-state index contributed by atoms with van der Waals surface area (Å²) in [5.74, 6) is 0.103. The molecule has 1 aromatic carbocycles. The summed E-state index contributed by atoms with van der Waals surface area (Å²) in [5.41, 5.74) is 3.31. The minimum absolute atomic E-state index is 0.299. The van der Waals surface area contributed by atoms with Crippen LogP contribution in [0.25, 0.3) is 11.2 Å². The summed E-state index contributed by atoms with van der Waals surface area (Å²) < 4.78 is 7.00. The van der Waals surface area contributed by atoms with E-state index < -0.39 is 5.97 Å². The molecule has 8 heteroatoms. The molecule has 1 fully saturated rings. The molecular weight excluding hydrogens is 382 g/mol. The van der Waals surface area contributed by atoms with E-state index in [-0.39, 0.29) is 12.5 Å². The van der Waals surface area contributed by atoms with Crippen molar-refractivity contribution in [1.82, 2.24) is 14.5 Å². The zero-order valence-corrected chi connectivity index (χ0v) is 17.2. The van der Waals surface area contributed by atoms with Gasteiger partial charge < -0.3 is 19.1 Å². The molecule has 2 aromatic heterocycles. The van der Waals surface area contributed by atoms with E-state index >= 15 is 0 Å². The van der Waals surface area contributed by atoms with E-state index in [4.69, 9.17) is 9.72 Å². The van der Waals surface area contributed by atoms with Gasteiger partial charge in [0.25, 0.3) is 5.91 Å². The van der Waals surface area contributed by atoms with Gasteiger partial charge in [-0.15, -0.1) is 0 Å². The molecule has 1 aliphatic heterocycles.